The number of amides is 3. The third-order valence-corrected chi connectivity index (χ3v) is 8.17. The normalized spacial score (nSPS) is 15.7. The van der Waals surface area contributed by atoms with Gasteiger partial charge in [0, 0.05) is 55.6 Å². The highest BCUT2D eigenvalue weighted by Gasteiger charge is 2.22. The van der Waals surface area contributed by atoms with Gasteiger partial charge in [-0.1, -0.05) is 36.6 Å². The van der Waals surface area contributed by atoms with Gasteiger partial charge in [-0.3, -0.25) is 18.8 Å². The Morgan fingerprint density at radius 1 is 1.02 bits per heavy atom. The molecule has 6 rings (SSSR count). The standard InChI is InChI=1S/C32H37N7O4/c1-21-19-26(37-43-21)32(42)35-25-13-10-22(11-14-25)29-30(34-24-7-3-2-4-8-24)39-20-23(12-15-27(39)36-29)31(41)33-16-6-18-38-17-5-9-28(38)40/h10-15,19-20,24,34H,2-9,16-18H2,1H3,(H,33,41)(H,35,42). The predicted molar refractivity (Wildman–Crippen MR) is 163 cm³/mol. The Kier molecular flexibility index (Phi) is 8.39. The molecule has 2 fully saturated rings. The maximum Gasteiger partial charge on any atom is 0.277 e. The van der Waals surface area contributed by atoms with Gasteiger partial charge in [0.25, 0.3) is 11.8 Å². The van der Waals surface area contributed by atoms with E-state index >= 15 is 0 Å². The van der Waals surface area contributed by atoms with Crippen molar-refractivity contribution in [3.05, 3.63) is 65.7 Å². The summed E-state index contributed by atoms with van der Waals surface area (Å²) in [7, 11) is 0. The molecule has 3 N–H and O–H groups in total. The second-order valence-corrected chi connectivity index (χ2v) is 11.4. The second kappa shape index (κ2) is 12.7. The topological polar surface area (TPSA) is 134 Å². The van der Waals surface area contributed by atoms with E-state index in [0.29, 0.717) is 42.6 Å². The summed E-state index contributed by atoms with van der Waals surface area (Å²) in [5.74, 6) is 1.12. The SMILES string of the molecule is Cc1cc(C(=O)Nc2ccc(-c3nc4ccc(C(=O)NCCCN5CCCC5=O)cn4c3NC3CCCCC3)cc2)no1. The number of imidazole rings is 1. The summed E-state index contributed by atoms with van der Waals surface area (Å²) in [6.45, 7) is 3.72. The number of anilines is 2. The lowest BCUT2D eigenvalue weighted by molar-refractivity contribution is -0.127. The average Bonchev–Trinajstić information content (AvgIpc) is 3.74. The van der Waals surface area contributed by atoms with E-state index < -0.39 is 0 Å². The highest BCUT2D eigenvalue weighted by molar-refractivity contribution is 6.03. The smallest absolute Gasteiger partial charge is 0.277 e. The first-order valence-electron chi connectivity index (χ1n) is 15.1. The lowest BCUT2D eigenvalue weighted by atomic mass is 9.95. The van der Waals surface area contributed by atoms with Gasteiger partial charge in [0.1, 0.15) is 22.9 Å². The Morgan fingerprint density at radius 2 is 1.84 bits per heavy atom. The number of nitrogens with one attached hydrogen (secondary N) is 3. The van der Waals surface area contributed by atoms with Crippen molar-refractivity contribution < 1.29 is 18.9 Å². The molecule has 11 nitrogen and oxygen atoms in total. The van der Waals surface area contributed by atoms with Gasteiger partial charge in [-0.2, -0.15) is 0 Å². The molecule has 0 radical (unpaired) electrons. The van der Waals surface area contributed by atoms with Crippen LogP contribution in [0.2, 0.25) is 0 Å². The van der Waals surface area contributed by atoms with Crippen LogP contribution in [0.15, 0.2) is 53.2 Å². The molecule has 1 aliphatic carbocycles. The van der Waals surface area contributed by atoms with E-state index in [0.717, 1.165) is 55.0 Å². The number of nitrogens with zero attached hydrogens (tertiary/aromatic N) is 4. The van der Waals surface area contributed by atoms with Crippen molar-refractivity contribution in [3.63, 3.8) is 0 Å². The summed E-state index contributed by atoms with van der Waals surface area (Å²) < 4.78 is 6.97. The summed E-state index contributed by atoms with van der Waals surface area (Å²) in [6, 6.07) is 13.1. The van der Waals surface area contributed by atoms with Gasteiger partial charge in [0.15, 0.2) is 5.69 Å². The highest BCUT2D eigenvalue weighted by Crippen LogP contribution is 2.32. The average molecular weight is 584 g/mol. The van der Waals surface area contributed by atoms with Crippen LogP contribution in [-0.2, 0) is 4.79 Å². The van der Waals surface area contributed by atoms with E-state index in [-0.39, 0.29) is 23.4 Å². The number of benzene rings is 1. The fourth-order valence-electron chi connectivity index (χ4n) is 5.85. The maximum atomic E-state index is 13.1. The number of aromatic nitrogens is 3. The molecule has 2 aliphatic rings. The van der Waals surface area contributed by atoms with Crippen molar-refractivity contribution >= 4 is 34.9 Å². The van der Waals surface area contributed by atoms with Crippen LogP contribution in [0.3, 0.4) is 0 Å². The molecule has 0 bridgehead atoms. The fourth-order valence-corrected chi connectivity index (χ4v) is 5.85. The first-order valence-corrected chi connectivity index (χ1v) is 15.1. The third-order valence-electron chi connectivity index (χ3n) is 8.17. The number of rotatable bonds is 10. The van der Waals surface area contributed by atoms with Gasteiger partial charge >= 0.3 is 0 Å². The monoisotopic (exact) mass is 583 g/mol. The van der Waals surface area contributed by atoms with Gasteiger partial charge in [-0.25, -0.2) is 4.98 Å². The molecule has 0 atom stereocenters. The van der Waals surface area contributed by atoms with Crippen molar-refractivity contribution in [2.45, 2.75) is 64.3 Å². The number of fused-ring (bicyclic) bond motifs is 1. The van der Waals surface area contributed by atoms with E-state index in [9.17, 15) is 14.4 Å². The molecular formula is C32H37N7O4. The molecule has 11 heteroatoms. The van der Waals surface area contributed by atoms with Gasteiger partial charge in [0.05, 0.1) is 5.56 Å². The van der Waals surface area contributed by atoms with E-state index in [4.69, 9.17) is 9.51 Å². The van der Waals surface area contributed by atoms with Crippen LogP contribution >= 0.6 is 0 Å². The number of hydrogen-bond donors (Lipinski definition) is 3. The number of pyridine rings is 1. The van der Waals surface area contributed by atoms with Crippen LogP contribution in [0.25, 0.3) is 16.9 Å². The summed E-state index contributed by atoms with van der Waals surface area (Å²) in [5, 5.41) is 13.4. The van der Waals surface area contributed by atoms with Gasteiger partial charge in [-0.15, -0.1) is 0 Å². The second-order valence-electron chi connectivity index (χ2n) is 11.4. The molecule has 3 aromatic heterocycles. The zero-order valence-electron chi connectivity index (χ0n) is 24.4. The summed E-state index contributed by atoms with van der Waals surface area (Å²) in [6.07, 6.45) is 9.87. The van der Waals surface area contributed by atoms with E-state index in [1.54, 1.807) is 19.1 Å². The molecule has 1 saturated carbocycles. The Balaban J connectivity index is 1.21. The first kappa shape index (κ1) is 28.4. The van der Waals surface area contributed by atoms with Crippen LogP contribution in [0.5, 0.6) is 0 Å². The lowest BCUT2D eigenvalue weighted by Crippen LogP contribution is -2.30. The molecule has 1 aromatic carbocycles. The Bertz CT molecular complexity index is 1620. The molecule has 3 amide bonds. The largest absolute Gasteiger partial charge is 0.367 e. The molecule has 0 spiro atoms. The van der Waals surface area contributed by atoms with Crippen LogP contribution in [0.4, 0.5) is 11.5 Å². The molecule has 43 heavy (non-hydrogen) atoms. The number of carbonyl (C=O) groups is 3. The van der Waals surface area contributed by atoms with Crippen LogP contribution < -0.4 is 16.0 Å². The van der Waals surface area contributed by atoms with Gasteiger partial charge in [-0.05, 0) is 56.9 Å². The zero-order valence-corrected chi connectivity index (χ0v) is 24.4. The summed E-state index contributed by atoms with van der Waals surface area (Å²) >= 11 is 0. The number of aryl methyl sites for hydroxylation is 1. The molecule has 0 unspecified atom stereocenters. The number of carbonyl (C=O) groups excluding carboxylic acids is 3. The zero-order chi connectivity index (χ0) is 29.8. The van der Waals surface area contributed by atoms with Crippen LogP contribution in [0, 0.1) is 6.92 Å². The minimum atomic E-state index is -0.340. The number of hydrogen-bond acceptors (Lipinski definition) is 7. The molecule has 1 aliphatic heterocycles. The predicted octanol–water partition coefficient (Wildman–Crippen LogP) is 5.04. The van der Waals surface area contributed by atoms with Crippen LogP contribution in [-0.4, -0.2) is 62.8 Å². The third kappa shape index (κ3) is 6.55. The minimum Gasteiger partial charge on any atom is -0.367 e. The fraction of sp³-hybridized carbons (Fsp3) is 0.406. The number of likely N-dealkylation sites (tertiary alicyclic amines) is 1. The van der Waals surface area contributed by atoms with Crippen molar-refractivity contribution in [3.8, 4) is 11.3 Å². The van der Waals surface area contributed by atoms with Gasteiger partial charge in [0.2, 0.25) is 5.91 Å². The molecule has 224 valence electrons. The van der Waals surface area contributed by atoms with Crippen molar-refractivity contribution in [1.82, 2.24) is 24.8 Å². The summed E-state index contributed by atoms with van der Waals surface area (Å²) in [4.78, 5) is 44.2. The highest BCUT2D eigenvalue weighted by atomic mass is 16.5. The van der Waals surface area contributed by atoms with Crippen LogP contribution in [0.1, 0.15) is 78.0 Å². The van der Waals surface area contributed by atoms with Gasteiger partial charge < -0.3 is 25.4 Å². The van der Waals surface area contributed by atoms with E-state index in [1.165, 1.54) is 19.3 Å². The van der Waals surface area contributed by atoms with Crippen molar-refractivity contribution in [2.75, 3.05) is 30.3 Å². The molecular weight excluding hydrogens is 546 g/mol. The Morgan fingerprint density at radius 3 is 2.56 bits per heavy atom. The Hall–Kier alpha value is -4.67. The van der Waals surface area contributed by atoms with Crippen molar-refractivity contribution in [2.24, 2.45) is 0 Å². The Labute approximate surface area is 250 Å². The molecule has 4 aromatic rings. The van der Waals surface area contributed by atoms with E-state index in [1.807, 2.05) is 45.8 Å². The summed E-state index contributed by atoms with van der Waals surface area (Å²) in [5.41, 5.74) is 3.80. The first-order chi connectivity index (χ1) is 20.9. The lowest BCUT2D eigenvalue weighted by Gasteiger charge is -2.24. The minimum absolute atomic E-state index is 0.157. The van der Waals surface area contributed by atoms with Crippen molar-refractivity contribution in [1.29, 1.82) is 0 Å². The molecule has 4 heterocycles. The maximum absolute atomic E-state index is 13.1. The molecule has 1 saturated heterocycles. The quantitative estimate of drug-likeness (QED) is 0.223. The van der Waals surface area contributed by atoms with E-state index in [2.05, 4.69) is 21.1 Å².